The number of aromatic nitrogens is 1. The molecule has 6 nitrogen and oxygen atoms in total. The number of benzene rings is 2. The molecule has 0 saturated carbocycles. The Balaban J connectivity index is 1.52. The SMILES string of the molecule is O=C(Nc1nccs1)c1ccc(/C=C2\SC(=O)N(c3cccc(C(F)(F)F)c3)C2=O)cc1. The first-order chi connectivity index (χ1) is 15.2. The van der Waals surface area contributed by atoms with Crippen LogP contribution in [-0.4, -0.2) is 22.0 Å². The minimum absolute atomic E-state index is 0.0624. The Morgan fingerprint density at radius 3 is 2.50 bits per heavy atom. The fourth-order valence-electron chi connectivity index (χ4n) is 2.85. The highest BCUT2D eigenvalue weighted by atomic mass is 32.2. The van der Waals surface area contributed by atoms with Crippen LogP contribution in [-0.2, 0) is 11.0 Å². The molecule has 1 fully saturated rings. The summed E-state index contributed by atoms with van der Waals surface area (Å²) in [5.74, 6) is -1.07. The molecule has 0 atom stereocenters. The van der Waals surface area contributed by atoms with Crippen LogP contribution in [0.2, 0.25) is 0 Å². The number of rotatable bonds is 4. The Morgan fingerprint density at radius 1 is 1.09 bits per heavy atom. The largest absolute Gasteiger partial charge is 0.416 e. The van der Waals surface area contributed by atoms with Crippen LogP contribution >= 0.6 is 23.1 Å². The van der Waals surface area contributed by atoms with E-state index >= 15 is 0 Å². The van der Waals surface area contributed by atoms with Gasteiger partial charge in [0.2, 0.25) is 0 Å². The number of halogens is 3. The van der Waals surface area contributed by atoms with Crippen LogP contribution in [0.4, 0.5) is 28.8 Å². The number of thioether (sulfide) groups is 1. The van der Waals surface area contributed by atoms with Crippen LogP contribution in [0.25, 0.3) is 6.08 Å². The van der Waals surface area contributed by atoms with Crippen LogP contribution in [0, 0.1) is 0 Å². The molecule has 2 heterocycles. The van der Waals surface area contributed by atoms with Gasteiger partial charge >= 0.3 is 6.18 Å². The van der Waals surface area contributed by atoms with Crippen molar-refractivity contribution in [2.75, 3.05) is 10.2 Å². The molecule has 11 heteroatoms. The minimum Gasteiger partial charge on any atom is -0.298 e. The number of amides is 3. The molecular weight excluding hydrogens is 463 g/mol. The van der Waals surface area contributed by atoms with Gasteiger partial charge in [-0.1, -0.05) is 18.2 Å². The van der Waals surface area contributed by atoms with E-state index in [1.54, 1.807) is 35.8 Å². The van der Waals surface area contributed by atoms with E-state index in [4.69, 9.17) is 0 Å². The smallest absolute Gasteiger partial charge is 0.298 e. The summed E-state index contributed by atoms with van der Waals surface area (Å²) in [6, 6.07) is 10.3. The normalized spacial score (nSPS) is 15.5. The molecule has 0 unspecified atom stereocenters. The van der Waals surface area contributed by atoms with Gasteiger partial charge in [-0.15, -0.1) is 11.3 Å². The number of thiazole rings is 1. The first-order valence-electron chi connectivity index (χ1n) is 8.98. The predicted molar refractivity (Wildman–Crippen MR) is 116 cm³/mol. The molecular formula is C21H12F3N3O3S2. The van der Waals surface area contributed by atoms with Crippen LogP contribution in [0.5, 0.6) is 0 Å². The highest BCUT2D eigenvalue weighted by Crippen LogP contribution is 2.38. The van der Waals surface area contributed by atoms with Gasteiger partial charge in [0.05, 0.1) is 16.2 Å². The summed E-state index contributed by atoms with van der Waals surface area (Å²) in [4.78, 5) is 42.0. The number of anilines is 2. The second-order valence-electron chi connectivity index (χ2n) is 6.48. The van der Waals surface area contributed by atoms with E-state index in [1.165, 1.54) is 23.5 Å². The van der Waals surface area contributed by atoms with Crippen molar-refractivity contribution < 1.29 is 27.6 Å². The number of hydrogen-bond donors (Lipinski definition) is 1. The molecule has 162 valence electrons. The van der Waals surface area contributed by atoms with Gasteiger partial charge in [0.1, 0.15) is 0 Å². The maximum Gasteiger partial charge on any atom is 0.416 e. The van der Waals surface area contributed by atoms with E-state index in [-0.39, 0.29) is 16.5 Å². The van der Waals surface area contributed by atoms with Gasteiger partial charge in [0, 0.05) is 17.1 Å². The Kier molecular flexibility index (Phi) is 5.85. The van der Waals surface area contributed by atoms with Crippen molar-refractivity contribution in [3.05, 3.63) is 81.7 Å². The molecule has 32 heavy (non-hydrogen) atoms. The summed E-state index contributed by atoms with van der Waals surface area (Å²) >= 11 is 1.91. The van der Waals surface area contributed by atoms with Crippen LogP contribution in [0.15, 0.2) is 65.0 Å². The number of carbonyl (C=O) groups is 3. The Morgan fingerprint density at radius 2 is 1.84 bits per heavy atom. The van der Waals surface area contributed by atoms with Gasteiger partial charge in [-0.05, 0) is 53.7 Å². The quantitative estimate of drug-likeness (QED) is 0.493. The lowest BCUT2D eigenvalue weighted by Crippen LogP contribution is -2.28. The van der Waals surface area contributed by atoms with E-state index < -0.39 is 22.9 Å². The predicted octanol–water partition coefficient (Wildman–Crippen LogP) is 5.66. The molecule has 0 spiro atoms. The lowest BCUT2D eigenvalue weighted by atomic mass is 10.1. The van der Waals surface area contributed by atoms with Gasteiger partial charge in [-0.3, -0.25) is 19.7 Å². The van der Waals surface area contributed by atoms with E-state index in [0.717, 1.165) is 18.2 Å². The van der Waals surface area contributed by atoms with Crippen molar-refractivity contribution in [3.63, 3.8) is 0 Å². The van der Waals surface area contributed by atoms with Crippen LogP contribution in [0.3, 0.4) is 0 Å². The number of alkyl halides is 3. The molecule has 0 radical (unpaired) electrons. The summed E-state index contributed by atoms with van der Waals surface area (Å²) in [5, 5.41) is 4.14. The second-order valence-corrected chi connectivity index (χ2v) is 8.37. The summed E-state index contributed by atoms with van der Waals surface area (Å²) in [5.41, 5.74) is -0.190. The Labute approximate surface area is 187 Å². The van der Waals surface area contributed by atoms with Crippen molar-refractivity contribution >= 4 is 57.0 Å². The zero-order valence-corrected chi connectivity index (χ0v) is 17.6. The highest BCUT2D eigenvalue weighted by Gasteiger charge is 2.38. The lowest BCUT2D eigenvalue weighted by molar-refractivity contribution is -0.137. The second kappa shape index (κ2) is 8.60. The third-order valence-electron chi connectivity index (χ3n) is 4.35. The van der Waals surface area contributed by atoms with Gasteiger partial charge in [-0.2, -0.15) is 13.2 Å². The van der Waals surface area contributed by atoms with Gasteiger partial charge in [0.15, 0.2) is 5.13 Å². The average molecular weight is 475 g/mol. The van der Waals surface area contributed by atoms with E-state index in [0.29, 0.717) is 32.9 Å². The molecule has 1 aliphatic heterocycles. The number of carbonyl (C=O) groups excluding carboxylic acids is 3. The van der Waals surface area contributed by atoms with Gasteiger partial charge < -0.3 is 0 Å². The van der Waals surface area contributed by atoms with Crippen molar-refractivity contribution in [2.45, 2.75) is 6.18 Å². The third kappa shape index (κ3) is 4.58. The molecule has 1 aliphatic rings. The molecule has 0 aliphatic carbocycles. The topological polar surface area (TPSA) is 79.4 Å². The Hall–Kier alpha value is -3.44. The minimum atomic E-state index is -4.60. The van der Waals surface area contributed by atoms with Gasteiger partial charge in [0.25, 0.3) is 17.1 Å². The fraction of sp³-hybridized carbons (Fsp3) is 0.0476. The molecule has 0 bridgehead atoms. The summed E-state index contributed by atoms with van der Waals surface area (Å²) < 4.78 is 38.9. The van der Waals surface area contributed by atoms with Crippen molar-refractivity contribution in [1.82, 2.24) is 4.98 Å². The van der Waals surface area contributed by atoms with Crippen LogP contribution < -0.4 is 10.2 Å². The molecule has 1 saturated heterocycles. The summed E-state index contributed by atoms with van der Waals surface area (Å²) in [7, 11) is 0. The number of nitrogens with zero attached hydrogens (tertiary/aromatic N) is 2. The molecule has 4 rings (SSSR count). The van der Waals surface area contributed by atoms with Crippen LogP contribution in [0.1, 0.15) is 21.5 Å². The van der Waals surface area contributed by atoms with Gasteiger partial charge in [-0.25, -0.2) is 9.88 Å². The number of hydrogen-bond acceptors (Lipinski definition) is 6. The van der Waals surface area contributed by atoms with Crippen molar-refractivity contribution in [1.29, 1.82) is 0 Å². The first-order valence-corrected chi connectivity index (χ1v) is 10.7. The van der Waals surface area contributed by atoms with Crippen molar-refractivity contribution in [2.24, 2.45) is 0 Å². The molecule has 2 aromatic carbocycles. The summed E-state index contributed by atoms with van der Waals surface area (Å²) in [6.07, 6.45) is -1.59. The Bertz CT molecular complexity index is 1220. The highest BCUT2D eigenvalue weighted by molar-refractivity contribution is 8.19. The molecule has 1 N–H and O–H groups in total. The maximum atomic E-state index is 13.0. The first kappa shape index (κ1) is 21.8. The lowest BCUT2D eigenvalue weighted by Gasteiger charge is -2.14. The van der Waals surface area contributed by atoms with Crippen molar-refractivity contribution in [3.8, 4) is 0 Å². The zero-order chi connectivity index (χ0) is 22.9. The van der Waals surface area contributed by atoms with E-state index in [2.05, 4.69) is 10.3 Å². The zero-order valence-electron chi connectivity index (χ0n) is 15.9. The fourth-order valence-corrected chi connectivity index (χ4v) is 4.21. The molecule has 1 aromatic heterocycles. The molecule has 3 aromatic rings. The average Bonchev–Trinajstić information content (AvgIpc) is 3.35. The summed E-state index contributed by atoms with van der Waals surface area (Å²) in [6.45, 7) is 0. The number of imide groups is 1. The maximum absolute atomic E-state index is 13.0. The standard InChI is InChI=1S/C21H12F3N3O3S2/c22-21(23,24)14-2-1-3-15(11-14)27-18(29)16(32-20(27)30)10-12-4-6-13(7-5-12)17(28)26-19-25-8-9-31-19/h1-11H,(H,25,26,28)/b16-10-. The van der Waals surface area contributed by atoms with E-state index in [1.807, 2.05) is 0 Å². The number of nitrogens with one attached hydrogen (secondary N) is 1. The third-order valence-corrected chi connectivity index (χ3v) is 5.91. The van der Waals surface area contributed by atoms with E-state index in [9.17, 15) is 27.6 Å². The molecule has 3 amide bonds. The monoisotopic (exact) mass is 475 g/mol.